The molecule has 0 radical (unpaired) electrons. The van der Waals surface area contributed by atoms with Crippen molar-refractivity contribution in [2.75, 3.05) is 6.61 Å². The topological polar surface area (TPSA) is 46.5 Å². The number of hydrogen-bond donors (Lipinski definition) is 1. The molecule has 3 heteroatoms. The zero-order chi connectivity index (χ0) is 10.2. The van der Waals surface area contributed by atoms with Crippen molar-refractivity contribution in [3.8, 4) is 0 Å². The van der Waals surface area contributed by atoms with Crippen molar-refractivity contribution in [3.63, 3.8) is 0 Å². The van der Waals surface area contributed by atoms with Gasteiger partial charge in [-0.25, -0.2) is 0 Å². The molecule has 2 aliphatic rings. The fourth-order valence-electron chi connectivity index (χ4n) is 2.63. The zero-order valence-electron chi connectivity index (χ0n) is 8.66. The molecule has 0 amide bonds. The zero-order valence-corrected chi connectivity index (χ0v) is 8.66. The molecule has 0 aromatic rings. The van der Waals surface area contributed by atoms with E-state index in [4.69, 9.17) is 4.74 Å². The van der Waals surface area contributed by atoms with Gasteiger partial charge in [0.25, 0.3) is 0 Å². The van der Waals surface area contributed by atoms with Crippen LogP contribution < -0.4 is 0 Å². The van der Waals surface area contributed by atoms with Crippen LogP contribution in [0.1, 0.15) is 39.0 Å². The van der Waals surface area contributed by atoms with Gasteiger partial charge in [-0.3, -0.25) is 4.79 Å². The minimum Gasteiger partial charge on any atom is -0.481 e. The SMILES string of the molecule is CC1OCCC1(CC1CCC1)C(=O)O. The summed E-state index contributed by atoms with van der Waals surface area (Å²) in [6.07, 6.45) is 5.10. The Bertz CT molecular complexity index is 235. The van der Waals surface area contributed by atoms with Crippen LogP contribution in [0.25, 0.3) is 0 Å². The summed E-state index contributed by atoms with van der Waals surface area (Å²) < 4.78 is 5.42. The molecule has 2 fully saturated rings. The predicted molar refractivity (Wildman–Crippen MR) is 52.1 cm³/mol. The van der Waals surface area contributed by atoms with Crippen LogP contribution >= 0.6 is 0 Å². The smallest absolute Gasteiger partial charge is 0.312 e. The number of rotatable bonds is 3. The highest BCUT2D eigenvalue weighted by atomic mass is 16.5. The van der Waals surface area contributed by atoms with E-state index in [9.17, 15) is 9.90 Å². The first kappa shape index (κ1) is 9.97. The summed E-state index contributed by atoms with van der Waals surface area (Å²) in [5.74, 6) is -0.0235. The van der Waals surface area contributed by atoms with Crippen LogP contribution in [0.15, 0.2) is 0 Å². The van der Waals surface area contributed by atoms with Crippen molar-refractivity contribution in [1.29, 1.82) is 0 Å². The van der Waals surface area contributed by atoms with Gasteiger partial charge in [-0.2, -0.15) is 0 Å². The summed E-state index contributed by atoms with van der Waals surface area (Å²) in [4.78, 5) is 11.3. The van der Waals surface area contributed by atoms with Crippen LogP contribution in [-0.4, -0.2) is 23.8 Å². The van der Waals surface area contributed by atoms with E-state index in [-0.39, 0.29) is 6.10 Å². The van der Waals surface area contributed by atoms with E-state index in [0.717, 1.165) is 6.42 Å². The third kappa shape index (κ3) is 1.44. The van der Waals surface area contributed by atoms with E-state index in [0.29, 0.717) is 18.9 Å². The summed E-state index contributed by atoms with van der Waals surface area (Å²) in [5.41, 5.74) is -0.578. The summed E-state index contributed by atoms with van der Waals surface area (Å²) in [6, 6.07) is 0. The van der Waals surface area contributed by atoms with Gasteiger partial charge in [0.1, 0.15) is 0 Å². The van der Waals surface area contributed by atoms with E-state index in [1.807, 2.05) is 6.92 Å². The molecule has 14 heavy (non-hydrogen) atoms. The standard InChI is InChI=1S/C11H18O3/c1-8-11(10(12)13,5-6-14-8)7-9-3-2-4-9/h8-9H,2-7H2,1H3,(H,12,13). The van der Waals surface area contributed by atoms with Gasteiger partial charge in [0.05, 0.1) is 11.5 Å². The van der Waals surface area contributed by atoms with Gasteiger partial charge >= 0.3 is 5.97 Å². The lowest BCUT2D eigenvalue weighted by Gasteiger charge is -2.35. The van der Waals surface area contributed by atoms with Crippen LogP contribution in [0.4, 0.5) is 0 Å². The summed E-state index contributed by atoms with van der Waals surface area (Å²) in [5, 5.41) is 9.32. The molecule has 1 aliphatic carbocycles. The molecule has 1 N–H and O–H groups in total. The monoisotopic (exact) mass is 198 g/mol. The van der Waals surface area contributed by atoms with Crippen molar-refractivity contribution in [1.82, 2.24) is 0 Å². The molecule has 80 valence electrons. The van der Waals surface area contributed by atoms with Gasteiger partial charge in [0, 0.05) is 6.61 Å². The maximum Gasteiger partial charge on any atom is 0.312 e. The van der Waals surface area contributed by atoms with Crippen LogP contribution in [-0.2, 0) is 9.53 Å². The van der Waals surface area contributed by atoms with Crippen LogP contribution in [0.2, 0.25) is 0 Å². The minimum atomic E-state index is -0.658. The molecule has 2 rings (SSSR count). The van der Waals surface area contributed by atoms with E-state index < -0.39 is 11.4 Å². The molecular formula is C11H18O3. The van der Waals surface area contributed by atoms with E-state index in [2.05, 4.69) is 0 Å². The fourth-order valence-corrected chi connectivity index (χ4v) is 2.63. The lowest BCUT2D eigenvalue weighted by Crippen LogP contribution is -2.40. The molecule has 0 spiro atoms. The van der Waals surface area contributed by atoms with Gasteiger partial charge in [-0.1, -0.05) is 19.3 Å². The Balaban J connectivity index is 2.08. The fraction of sp³-hybridized carbons (Fsp3) is 0.909. The third-order valence-electron chi connectivity index (χ3n) is 4.00. The highest BCUT2D eigenvalue weighted by molar-refractivity contribution is 5.75. The first-order valence-electron chi connectivity index (χ1n) is 5.50. The average Bonchev–Trinajstić information content (AvgIpc) is 2.41. The predicted octanol–water partition coefficient (Wildman–Crippen LogP) is 2.06. The minimum absolute atomic E-state index is 0.111. The van der Waals surface area contributed by atoms with Gasteiger partial charge in [-0.15, -0.1) is 0 Å². The lowest BCUT2D eigenvalue weighted by atomic mass is 9.69. The van der Waals surface area contributed by atoms with Gasteiger partial charge in [-0.05, 0) is 25.7 Å². The second-order valence-corrected chi connectivity index (χ2v) is 4.73. The molecule has 0 aromatic carbocycles. The third-order valence-corrected chi connectivity index (χ3v) is 4.00. The van der Waals surface area contributed by atoms with Gasteiger partial charge in [0.15, 0.2) is 0 Å². The van der Waals surface area contributed by atoms with E-state index in [1.54, 1.807) is 0 Å². The Labute approximate surface area is 84.4 Å². The number of aliphatic carboxylic acids is 1. The first-order chi connectivity index (χ1) is 6.65. The van der Waals surface area contributed by atoms with E-state index in [1.165, 1.54) is 19.3 Å². The number of carboxylic acid groups (broad SMARTS) is 1. The van der Waals surface area contributed by atoms with Crippen LogP contribution in [0.5, 0.6) is 0 Å². The second-order valence-electron chi connectivity index (χ2n) is 4.73. The Hall–Kier alpha value is -0.570. The summed E-state index contributed by atoms with van der Waals surface area (Å²) in [6.45, 7) is 2.51. The molecule has 1 heterocycles. The molecule has 1 aliphatic heterocycles. The Kier molecular flexibility index (Phi) is 2.52. The van der Waals surface area contributed by atoms with Gasteiger partial charge < -0.3 is 9.84 Å². The molecule has 0 aromatic heterocycles. The Morgan fingerprint density at radius 2 is 2.29 bits per heavy atom. The van der Waals surface area contributed by atoms with Crippen LogP contribution in [0, 0.1) is 11.3 Å². The summed E-state index contributed by atoms with van der Waals surface area (Å²) in [7, 11) is 0. The molecule has 0 bridgehead atoms. The van der Waals surface area contributed by atoms with Crippen molar-refractivity contribution in [2.24, 2.45) is 11.3 Å². The Morgan fingerprint density at radius 1 is 1.57 bits per heavy atom. The lowest BCUT2D eigenvalue weighted by molar-refractivity contribution is -0.153. The highest BCUT2D eigenvalue weighted by Gasteiger charge is 2.49. The Morgan fingerprint density at radius 3 is 2.64 bits per heavy atom. The van der Waals surface area contributed by atoms with E-state index >= 15 is 0 Å². The quantitative estimate of drug-likeness (QED) is 0.755. The van der Waals surface area contributed by atoms with Crippen molar-refractivity contribution >= 4 is 5.97 Å². The average molecular weight is 198 g/mol. The van der Waals surface area contributed by atoms with Crippen molar-refractivity contribution < 1.29 is 14.6 Å². The maximum absolute atomic E-state index is 11.3. The molecular weight excluding hydrogens is 180 g/mol. The molecule has 1 saturated carbocycles. The molecule has 2 unspecified atom stereocenters. The van der Waals surface area contributed by atoms with Crippen molar-refractivity contribution in [3.05, 3.63) is 0 Å². The van der Waals surface area contributed by atoms with Crippen molar-refractivity contribution in [2.45, 2.75) is 45.1 Å². The first-order valence-corrected chi connectivity index (χ1v) is 5.50. The second kappa shape index (κ2) is 3.54. The highest BCUT2D eigenvalue weighted by Crippen LogP contribution is 2.45. The molecule has 2 atom stereocenters. The number of carbonyl (C=O) groups is 1. The molecule has 1 saturated heterocycles. The number of carboxylic acids is 1. The summed E-state index contributed by atoms with van der Waals surface area (Å²) >= 11 is 0. The maximum atomic E-state index is 11.3. The van der Waals surface area contributed by atoms with Gasteiger partial charge in [0.2, 0.25) is 0 Å². The number of ether oxygens (including phenoxy) is 1. The normalized spacial score (nSPS) is 38.2. The van der Waals surface area contributed by atoms with Crippen LogP contribution in [0.3, 0.4) is 0 Å². The number of hydrogen-bond acceptors (Lipinski definition) is 2. The largest absolute Gasteiger partial charge is 0.481 e. The molecule has 3 nitrogen and oxygen atoms in total.